The Kier molecular flexibility index (Phi) is 8.50. The van der Waals surface area contributed by atoms with Crippen molar-refractivity contribution in [3.05, 3.63) is 54.1 Å². The van der Waals surface area contributed by atoms with Crippen LogP contribution in [0.2, 0.25) is 0 Å². The third kappa shape index (κ3) is 7.53. The number of ether oxygens (including phenoxy) is 4. The van der Waals surface area contributed by atoms with Crippen molar-refractivity contribution in [1.82, 2.24) is 0 Å². The van der Waals surface area contributed by atoms with Gasteiger partial charge in [-0.2, -0.15) is 0 Å². The minimum absolute atomic E-state index is 0.176. The Labute approximate surface area is 168 Å². The largest absolute Gasteiger partial charge is 0.482 e. The number of carbonyl (C=O) groups is 3. The first-order valence-corrected chi connectivity index (χ1v) is 9.10. The molecule has 0 aliphatic carbocycles. The molecular weight excluding hydrogens is 378 g/mol. The average molecular weight is 401 g/mol. The maximum Gasteiger partial charge on any atom is 0.344 e. The summed E-state index contributed by atoms with van der Waals surface area (Å²) in [5.41, 5.74) is 0.997. The van der Waals surface area contributed by atoms with E-state index in [0.717, 1.165) is 0 Å². The first kappa shape index (κ1) is 21.7. The fourth-order valence-corrected chi connectivity index (χ4v) is 2.23. The number of carbonyl (C=O) groups excluding carboxylic acids is 3. The van der Waals surface area contributed by atoms with Crippen LogP contribution < -0.4 is 14.8 Å². The van der Waals surface area contributed by atoms with Crippen LogP contribution in [0.1, 0.15) is 24.2 Å². The van der Waals surface area contributed by atoms with Gasteiger partial charge in [0.05, 0.1) is 13.2 Å². The molecule has 0 aromatic heterocycles. The number of rotatable bonds is 10. The summed E-state index contributed by atoms with van der Waals surface area (Å²) >= 11 is 0. The highest BCUT2D eigenvalue weighted by Gasteiger charge is 2.08. The highest BCUT2D eigenvalue weighted by Crippen LogP contribution is 2.18. The van der Waals surface area contributed by atoms with Gasteiger partial charge in [0.15, 0.2) is 13.2 Å². The molecule has 8 nitrogen and oxygen atoms in total. The van der Waals surface area contributed by atoms with E-state index in [4.69, 9.17) is 18.9 Å². The highest BCUT2D eigenvalue weighted by atomic mass is 16.6. The number of hydrogen-bond acceptors (Lipinski definition) is 7. The zero-order valence-electron chi connectivity index (χ0n) is 16.3. The van der Waals surface area contributed by atoms with Gasteiger partial charge >= 0.3 is 11.9 Å². The molecule has 29 heavy (non-hydrogen) atoms. The van der Waals surface area contributed by atoms with Crippen LogP contribution in [-0.4, -0.2) is 44.3 Å². The molecule has 0 radical (unpaired) electrons. The number of nitrogens with one attached hydrogen (secondary N) is 1. The van der Waals surface area contributed by atoms with Crippen LogP contribution in [0.15, 0.2) is 48.5 Å². The van der Waals surface area contributed by atoms with Gasteiger partial charge in [-0.25, -0.2) is 9.59 Å². The Hall–Kier alpha value is -3.55. The summed E-state index contributed by atoms with van der Waals surface area (Å²) in [4.78, 5) is 34.9. The Morgan fingerprint density at radius 3 is 1.62 bits per heavy atom. The van der Waals surface area contributed by atoms with Crippen molar-refractivity contribution in [2.75, 3.05) is 31.7 Å². The minimum Gasteiger partial charge on any atom is -0.482 e. The molecule has 1 N–H and O–H groups in total. The van der Waals surface area contributed by atoms with Crippen LogP contribution in [0.3, 0.4) is 0 Å². The van der Waals surface area contributed by atoms with Crippen molar-refractivity contribution >= 4 is 23.5 Å². The van der Waals surface area contributed by atoms with E-state index in [1.807, 2.05) is 0 Å². The van der Waals surface area contributed by atoms with Gasteiger partial charge in [-0.05, 0) is 62.4 Å². The van der Waals surface area contributed by atoms with Crippen LogP contribution in [0.5, 0.6) is 11.5 Å². The number of anilines is 1. The maximum absolute atomic E-state index is 12.3. The molecule has 0 atom stereocenters. The summed E-state index contributed by atoms with van der Waals surface area (Å²) in [5.74, 6) is -0.262. The standard InChI is InChI=1S/C21H23NO7/c1-3-26-19(23)13-28-17-9-5-15(6-10-17)21(25)22-16-7-11-18(12-8-16)29-14-20(24)27-4-2/h5-12H,3-4,13-14H2,1-2H3,(H,22,25). The van der Waals surface area contributed by atoms with Crippen molar-refractivity contribution in [3.8, 4) is 11.5 Å². The topological polar surface area (TPSA) is 100 Å². The van der Waals surface area contributed by atoms with E-state index in [9.17, 15) is 14.4 Å². The maximum atomic E-state index is 12.3. The van der Waals surface area contributed by atoms with Crippen LogP contribution in [0, 0.1) is 0 Å². The fraction of sp³-hybridized carbons (Fsp3) is 0.286. The summed E-state index contributed by atoms with van der Waals surface area (Å²) in [6, 6.07) is 13.0. The fourth-order valence-electron chi connectivity index (χ4n) is 2.23. The molecule has 2 rings (SSSR count). The second kappa shape index (κ2) is 11.3. The molecule has 2 aromatic rings. The van der Waals surface area contributed by atoms with Gasteiger partial charge in [0.2, 0.25) is 0 Å². The summed E-state index contributed by atoms with van der Waals surface area (Å²) in [5, 5.41) is 2.76. The zero-order valence-corrected chi connectivity index (χ0v) is 16.3. The normalized spacial score (nSPS) is 10.0. The van der Waals surface area contributed by atoms with E-state index in [1.54, 1.807) is 62.4 Å². The molecule has 0 unspecified atom stereocenters. The molecule has 0 bridgehead atoms. The van der Waals surface area contributed by atoms with Crippen molar-refractivity contribution < 1.29 is 33.3 Å². The molecule has 0 spiro atoms. The second-order valence-corrected chi connectivity index (χ2v) is 5.69. The molecule has 8 heteroatoms. The predicted molar refractivity (Wildman–Crippen MR) is 105 cm³/mol. The van der Waals surface area contributed by atoms with Gasteiger partial charge in [-0.15, -0.1) is 0 Å². The molecule has 0 fully saturated rings. The van der Waals surface area contributed by atoms with Gasteiger partial charge < -0.3 is 24.3 Å². The van der Waals surface area contributed by atoms with Crippen molar-refractivity contribution in [3.63, 3.8) is 0 Å². The SMILES string of the molecule is CCOC(=O)COc1ccc(NC(=O)c2ccc(OCC(=O)OCC)cc2)cc1. The van der Waals surface area contributed by atoms with E-state index >= 15 is 0 Å². The summed E-state index contributed by atoms with van der Waals surface area (Å²) in [6.45, 7) is 3.66. The molecular formula is C21H23NO7. The van der Waals surface area contributed by atoms with Gasteiger partial charge in [0.1, 0.15) is 11.5 Å². The van der Waals surface area contributed by atoms with E-state index in [1.165, 1.54) is 0 Å². The quantitative estimate of drug-likeness (QED) is 0.611. The number of benzene rings is 2. The molecule has 0 saturated heterocycles. The van der Waals surface area contributed by atoms with Crippen molar-refractivity contribution in [1.29, 1.82) is 0 Å². The van der Waals surface area contributed by atoms with Crippen LogP contribution in [0.25, 0.3) is 0 Å². The highest BCUT2D eigenvalue weighted by molar-refractivity contribution is 6.04. The second-order valence-electron chi connectivity index (χ2n) is 5.69. The van der Waals surface area contributed by atoms with Crippen LogP contribution in [0.4, 0.5) is 5.69 Å². The molecule has 0 aliphatic heterocycles. The monoisotopic (exact) mass is 401 g/mol. The lowest BCUT2D eigenvalue weighted by Crippen LogP contribution is -2.15. The summed E-state index contributed by atoms with van der Waals surface area (Å²) in [6.07, 6.45) is 0. The van der Waals surface area contributed by atoms with Gasteiger partial charge in [-0.3, -0.25) is 4.79 Å². The lowest BCUT2D eigenvalue weighted by molar-refractivity contribution is -0.146. The first-order valence-electron chi connectivity index (χ1n) is 9.10. The summed E-state index contributed by atoms with van der Waals surface area (Å²) < 4.78 is 20.1. The Bertz CT molecular complexity index is 816. The Morgan fingerprint density at radius 1 is 0.724 bits per heavy atom. The van der Waals surface area contributed by atoms with Gasteiger partial charge in [0, 0.05) is 11.3 Å². The van der Waals surface area contributed by atoms with Gasteiger partial charge in [0.25, 0.3) is 5.91 Å². The lowest BCUT2D eigenvalue weighted by Gasteiger charge is -2.09. The minimum atomic E-state index is -0.455. The van der Waals surface area contributed by atoms with Crippen molar-refractivity contribution in [2.24, 2.45) is 0 Å². The van der Waals surface area contributed by atoms with E-state index in [-0.39, 0.29) is 19.1 Å². The van der Waals surface area contributed by atoms with Crippen LogP contribution in [-0.2, 0) is 19.1 Å². The van der Waals surface area contributed by atoms with Crippen molar-refractivity contribution in [2.45, 2.75) is 13.8 Å². The molecule has 0 saturated carbocycles. The van der Waals surface area contributed by atoms with E-state index in [2.05, 4.69) is 5.32 Å². The Balaban J connectivity index is 1.84. The van der Waals surface area contributed by atoms with E-state index in [0.29, 0.717) is 36.0 Å². The smallest absolute Gasteiger partial charge is 0.344 e. The lowest BCUT2D eigenvalue weighted by atomic mass is 10.2. The zero-order chi connectivity index (χ0) is 21.1. The molecule has 2 aromatic carbocycles. The number of esters is 2. The first-order chi connectivity index (χ1) is 14.0. The molecule has 154 valence electrons. The average Bonchev–Trinajstić information content (AvgIpc) is 2.72. The van der Waals surface area contributed by atoms with Crippen LogP contribution >= 0.6 is 0 Å². The third-order valence-electron chi connectivity index (χ3n) is 3.55. The Morgan fingerprint density at radius 2 is 1.17 bits per heavy atom. The van der Waals surface area contributed by atoms with Gasteiger partial charge in [-0.1, -0.05) is 0 Å². The third-order valence-corrected chi connectivity index (χ3v) is 3.55. The molecule has 1 amide bonds. The van der Waals surface area contributed by atoms with E-state index < -0.39 is 11.9 Å². The molecule has 0 aliphatic rings. The molecule has 0 heterocycles. The predicted octanol–water partition coefficient (Wildman–Crippen LogP) is 2.82. The number of hydrogen-bond donors (Lipinski definition) is 1. The number of amides is 1. The summed E-state index contributed by atoms with van der Waals surface area (Å²) in [7, 11) is 0.